The first kappa shape index (κ1) is 16.0. The maximum absolute atomic E-state index is 12.3. The van der Waals surface area contributed by atoms with Crippen molar-refractivity contribution in [3.05, 3.63) is 29.8 Å². The predicted molar refractivity (Wildman–Crippen MR) is 82.7 cm³/mol. The Balaban J connectivity index is 1.85. The van der Waals surface area contributed by atoms with Gasteiger partial charge >= 0.3 is 0 Å². The van der Waals surface area contributed by atoms with Crippen LogP contribution in [0.25, 0.3) is 0 Å². The van der Waals surface area contributed by atoms with Crippen molar-refractivity contribution < 1.29 is 21.0 Å². The molecular weight excluding hydrogens is 324 g/mol. The van der Waals surface area contributed by atoms with Gasteiger partial charge in [-0.05, 0) is 38.8 Å². The first-order valence-corrected chi connectivity index (χ1v) is 10.2. The maximum atomic E-state index is 12.3. The van der Waals surface area contributed by atoms with Crippen molar-refractivity contribution in [2.45, 2.75) is 48.7 Å². The summed E-state index contributed by atoms with van der Waals surface area (Å²) in [5.74, 6) is -0.125. The molecule has 1 aromatic carbocycles. The van der Waals surface area contributed by atoms with Crippen molar-refractivity contribution in [3.8, 4) is 0 Å². The van der Waals surface area contributed by atoms with Crippen LogP contribution in [-0.4, -0.2) is 32.9 Å². The Morgan fingerprint density at radius 3 is 2.23 bits per heavy atom. The lowest BCUT2D eigenvalue weighted by molar-refractivity contribution is -0.0324. The number of fused-ring (bicyclic) bond motifs is 1. The average Bonchev–Trinajstić information content (AvgIpc) is 2.41. The Hall–Kier alpha value is -0.920. The minimum absolute atomic E-state index is 0.0317. The summed E-state index contributed by atoms with van der Waals surface area (Å²) in [6.07, 6.45) is -0.783. The van der Waals surface area contributed by atoms with Crippen molar-refractivity contribution in [1.29, 1.82) is 0 Å². The molecule has 4 atom stereocenters. The highest BCUT2D eigenvalue weighted by Gasteiger charge is 2.74. The summed E-state index contributed by atoms with van der Waals surface area (Å²) in [5, 5.41) is -0.697. The van der Waals surface area contributed by atoms with Crippen molar-refractivity contribution in [3.63, 3.8) is 0 Å². The maximum Gasteiger partial charge on any atom is 0.297 e. The fraction of sp³-hybridized carbons (Fsp3) is 0.600. The SMILES string of the molecule is Cc1ccc(S(=O)(=O)O[C@@H]2[C@H](C)[C@@H]3[C@@H]2S(=O)(=O)C3(C)C)cc1. The van der Waals surface area contributed by atoms with Gasteiger partial charge in [0.15, 0.2) is 9.84 Å². The normalized spacial score (nSPS) is 35.1. The van der Waals surface area contributed by atoms with E-state index in [0.29, 0.717) is 0 Å². The molecule has 0 aromatic heterocycles. The van der Waals surface area contributed by atoms with Gasteiger partial charge in [-0.25, -0.2) is 8.42 Å². The van der Waals surface area contributed by atoms with Crippen LogP contribution < -0.4 is 0 Å². The molecule has 1 heterocycles. The van der Waals surface area contributed by atoms with E-state index in [9.17, 15) is 16.8 Å². The van der Waals surface area contributed by atoms with Crippen LogP contribution in [0.1, 0.15) is 26.3 Å². The number of hydrogen-bond donors (Lipinski definition) is 0. The van der Waals surface area contributed by atoms with Gasteiger partial charge in [0.2, 0.25) is 0 Å². The van der Waals surface area contributed by atoms with Gasteiger partial charge in [-0.15, -0.1) is 0 Å². The van der Waals surface area contributed by atoms with Gasteiger partial charge < -0.3 is 0 Å². The molecule has 0 bridgehead atoms. The Morgan fingerprint density at radius 2 is 1.68 bits per heavy atom. The highest BCUT2D eigenvalue weighted by Crippen LogP contribution is 2.61. The molecule has 1 saturated carbocycles. The number of hydrogen-bond acceptors (Lipinski definition) is 5. The van der Waals surface area contributed by atoms with Gasteiger partial charge in [-0.3, -0.25) is 4.18 Å². The molecule has 7 heteroatoms. The zero-order valence-corrected chi connectivity index (χ0v) is 14.6. The first-order valence-electron chi connectivity index (χ1n) is 7.23. The van der Waals surface area contributed by atoms with Crippen LogP contribution >= 0.6 is 0 Å². The molecular formula is C15H20O5S2. The van der Waals surface area contributed by atoms with E-state index in [-0.39, 0.29) is 16.7 Å². The molecule has 1 aliphatic heterocycles. The largest absolute Gasteiger partial charge is 0.297 e. The van der Waals surface area contributed by atoms with Gasteiger partial charge in [-0.1, -0.05) is 24.6 Å². The summed E-state index contributed by atoms with van der Waals surface area (Å²) in [4.78, 5) is 0.0599. The van der Waals surface area contributed by atoms with E-state index in [1.54, 1.807) is 26.0 Å². The Morgan fingerprint density at radius 1 is 1.14 bits per heavy atom. The third-order valence-corrected chi connectivity index (χ3v) is 9.55. The van der Waals surface area contributed by atoms with E-state index in [0.717, 1.165) is 5.56 Å². The lowest BCUT2D eigenvalue weighted by Crippen LogP contribution is -2.78. The van der Waals surface area contributed by atoms with Crippen molar-refractivity contribution in [2.75, 3.05) is 0 Å². The molecule has 0 amide bonds. The Bertz CT molecular complexity index is 806. The highest BCUT2D eigenvalue weighted by atomic mass is 32.2. The molecule has 0 spiro atoms. The van der Waals surface area contributed by atoms with Crippen molar-refractivity contribution in [1.82, 2.24) is 0 Å². The summed E-state index contributed by atoms with van der Waals surface area (Å²) >= 11 is 0. The summed E-state index contributed by atoms with van der Waals surface area (Å²) in [6, 6.07) is 6.33. The van der Waals surface area contributed by atoms with Crippen LogP contribution in [0.2, 0.25) is 0 Å². The van der Waals surface area contributed by atoms with Crippen LogP contribution in [0.3, 0.4) is 0 Å². The lowest BCUT2D eigenvalue weighted by Gasteiger charge is -2.64. The minimum atomic E-state index is -3.94. The fourth-order valence-corrected chi connectivity index (χ4v) is 7.86. The smallest absolute Gasteiger partial charge is 0.261 e. The zero-order valence-electron chi connectivity index (χ0n) is 13.0. The summed E-state index contributed by atoms with van der Waals surface area (Å²) in [5.41, 5.74) is 0.944. The Kier molecular flexibility index (Phi) is 3.30. The molecule has 0 radical (unpaired) electrons. The number of aryl methyl sites for hydroxylation is 1. The molecule has 5 nitrogen and oxygen atoms in total. The van der Waals surface area contributed by atoms with Crippen LogP contribution in [-0.2, 0) is 24.1 Å². The van der Waals surface area contributed by atoms with E-state index in [2.05, 4.69) is 0 Å². The zero-order chi connectivity index (χ0) is 16.5. The van der Waals surface area contributed by atoms with Gasteiger partial charge in [0, 0.05) is 5.92 Å². The highest BCUT2D eigenvalue weighted by molar-refractivity contribution is 7.95. The van der Waals surface area contributed by atoms with E-state index in [1.165, 1.54) is 12.1 Å². The monoisotopic (exact) mass is 344 g/mol. The van der Waals surface area contributed by atoms with E-state index in [4.69, 9.17) is 4.18 Å². The third kappa shape index (κ3) is 1.91. The number of sulfone groups is 1. The first-order chi connectivity index (χ1) is 10.00. The summed E-state index contributed by atoms with van der Waals surface area (Å²) in [6.45, 7) is 7.11. The predicted octanol–water partition coefficient (Wildman–Crippen LogP) is 1.91. The molecule has 122 valence electrons. The molecule has 3 rings (SSSR count). The average molecular weight is 344 g/mol. The molecule has 0 N–H and O–H groups in total. The molecule has 1 aliphatic carbocycles. The van der Waals surface area contributed by atoms with Crippen LogP contribution in [0.15, 0.2) is 29.2 Å². The molecule has 22 heavy (non-hydrogen) atoms. The molecule has 1 aromatic rings. The Labute approximate surface area is 131 Å². The van der Waals surface area contributed by atoms with Crippen LogP contribution in [0.5, 0.6) is 0 Å². The minimum Gasteiger partial charge on any atom is -0.261 e. The quantitative estimate of drug-likeness (QED) is 0.783. The van der Waals surface area contributed by atoms with Crippen molar-refractivity contribution in [2.24, 2.45) is 11.8 Å². The summed E-state index contributed by atoms with van der Waals surface area (Å²) < 4.78 is 53.7. The number of benzene rings is 1. The van der Waals surface area contributed by atoms with Gasteiger partial charge in [0.1, 0.15) is 0 Å². The van der Waals surface area contributed by atoms with Gasteiger partial charge in [-0.2, -0.15) is 8.42 Å². The number of rotatable bonds is 3. The van der Waals surface area contributed by atoms with E-state index in [1.807, 2.05) is 13.8 Å². The van der Waals surface area contributed by atoms with Gasteiger partial charge in [0.25, 0.3) is 10.1 Å². The third-order valence-electron chi connectivity index (χ3n) is 5.20. The van der Waals surface area contributed by atoms with Crippen molar-refractivity contribution >= 4 is 20.0 Å². The van der Waals surface area contributed by atoms with Crippen LogP contribution in [0.4, 0.5) is 0 Å². The lowest BCUT2D eigenvalue weighted by atomic mass is 9.64. The second kappa shape index (κ2) is 4.55. The topological polar surface area (TPSA) is 77.5 Å². The fourth-order valence-electron chi connectivity index (χ4n) is 3.78. The standard InChI is InChI=1S/C15H20O5S2/c1-9-5-7-11(8-6-9)22(18,19)20-13-10(2)12-14(13)21(16,17)15(12,3)4/h5-8,10,12-14H,1-4H3/t10-,12-,13-,14+/m1/s1. The molecule has 2 aliphatic rings. The summed E-state index contributed by atoms with van der Waals surface area (Å²) in [7, 11) is -7.28. The second-order valence-corrected chi connectivity index (χ2v) is 11.1. The molecule has 2 fully saturated rings. The van der Waals surface area contributed by atoms with E-state index < -0.39 is 36.1 Å². The van der Waals surface area contributed by atoms with Gasteiger partial charge in [0.05, 0.1) is 21.0 Å². The van der Waals surface area contributed by atoms with E-state index >= 15 is 0 Å². The molecule has 0 unspecified atom stereocenters. The van der Waals surface area contributed by atoms with Crippen LogP contribution in [0, 0.1) is 18.8 Å². The second-order valence-electron chi connectivity index (χ2n) is 6.83. The molecule has 1 saturated heterocycles.